The molecule has 2 atom stereocenters. The molecule has 0 aliphatic heterocycles. The maximum absolute atomic E-state index is 10.4. The van der Waals surface area contributed by atoms with Gasteiger partial charge in [0.15, 0.2) is 0 Å². The Morgan fingerprint density at radius 2 is 1.52 bits per heavy atom. The van der Waals surface area contributed by atoms with Crippen molar-refractivity contribution in [2.24, 2.45) is 11.6 Å². The van der Waals surface area contributed by atoms with E-state index in [1.54, 1.807) is 5.01 Å². The smallest absolute Gasteiger partial charge is 0.0835 e. The zero-order chi connectivity index (χ0) is 18.9. The Bertz CT molecular complexity index is 634. The maximum atomic E-state index is 10.4. The molecule has 0 heterocycles. The summed E-state index contributed by atoms with van der Waals surface area (Å²) in [5.41, 5.74) is 9.59. The van der Waals surface area contributed by atoms with Crippen LogP contribution >= 0.6 is 12.4 Å². The van der Waals surface area contributed by atoms with Gasteiger partial charge >= 0.3 is 0 Å². The molecular formula is C21H33ClN4O. The largest absolute Gasteiger partial charge is 0.390 e. The molecule has 27 heavy (non-hydrogen) atoms. The van der Waals surface area contributed by atoms with Crippen molar-refractivity contribution in [1.29, 1.82) is 0 Å². The SMILES string of the molecule is CCN(CC)c1ccc(CN(N)CC(O)C(N)Cc2ccccc2)cc1.Cl. The first-order valence-electron chi connectivity index (χ1n) is 9.34. The van der Waals surface area contributed by atoms with Gasteiger partial charge in [0.2, 0.25) is 0 Å². The van der Waals surface area contributed by atoms with Crippen LogP contribution in [-0.2, 0) is 13.0 Å². The van der Waals surface area contributed by atoms with Gasteiger partial charge in [-0.05, 0) is 43.5 Å². The summed E-state index contributed by atoms with van der Waals surface area (Å²) >= 11 is 0. The topological polar surface area (TPSA) is 78.8 Å². The maximum Gasteiger partial charge on any atom is 0.0835 e. The number of nitrogens with zero attached hydrogens (tertiary/aromatic N) is 2. The minimum Gasteiger partial charge on any atom is -0.390 e. The minimum atomic E-state index is -0.671. The molecule has 0 saturated heterocycles. The Labute approximate surface area is 169 Å². The van der Waals surface area contributed by atoms with Gasteiger partial charge in [-0.25, -0.2) is 5.01 Å². The fraction of sp³-hybridized carbons (Fsp3) is 0.429. The van der Waals surface area contributed by atoms with Crippen molar-refractivity contribution in [1.82, 2.24) is 5.01 Å². The number of halogens is 1. The first-order chi connectivity index (χ1) is 12.5. The fourth-order valence-corrected chi connectivity index (χ4v) is 3.10. The second-order valence-corrected chi connectivity index (χ2v) is 6.69. The molecule has 0 bridgehead atoms. The Morgan fingerprint density at radius 3 is 2.07 bits per heavy atom. The number of rotatable bonds is 10. The van der Waals surface area contributed by atoms with E-state index in [0.29, 0.717) is 19.5 Å². The normalized spacial score (nSPS) is 13.1. The summed E-state index contributed by atoms with van der Waals surface area (Å²) in [6, 6.07) is 18.0. The van der Waals surface area contributed by atoms with Gasteiger partial charge in [-0.1, -0.05) is 42.5 Å². The number of hydrogen-bond acceptors (Lipinski definition) is 5. The number of hydrazine groups is 1. The van der Waals surface area contributed by atoms with E-state index in [9.17, 15) is 5.11 Å². The molecule has 150 valence electrons. The molecule has 0 saturated carbocycles. The zero-order valence-electron chi connectivity index (χ0n) is 16.3. The summed E-state index contributed by atoms with van der Waals surface area (Å²) in [7, 11) is 0. The third-order valence-electron chi connectivity index (χ3n) is 4.68. The first kappa shape index (κ1) is 23.4. The summed E-state index contributed by atoms with van der Waals surface area (Å²) in [6.07, 6.45) is -0.0378. The standard InChI is InChI=1S/C21H32N4O.ClH/c1-3-24(4-2)19-12-10-18(11-13-19)15-25(23)16-21(26)20(22)14-17-8-6-5-7-9-17;/h5-13,20-21,26H,3-4,14-16,22-23H2,1-2H3;1H. The van der Waals surface area contributed by atoms with E-state index in [0.717, 1.165) is 24.2 Å². The monoisotopic (exact) mass is 392 g/mol. The average Bonchev–Trinajstić information content (AvgIpc) is 2.64. The van der Waals surface area contributed by atoms with E-state index in [1.165, 1.54) is 5.69 Å². The van der Waals surface area contributed by atoms with Crippen LogP contribution < -0.4 is 16.5 Å². The molecule has 0 aromatic heterocycles. The third kappa shape index (κ3) is 7.48. The van der Waals surface area contributed by atoms with Gasteiger partial charge in [0, 0.05) is 37.9 Å². The van der Waals surface area contributed by atoms with E-state index < -0.39 is 6.10 Å². The van der Waals surface area contributed by atoms with Gasteiger partial charge in [0.25, 0.3) is 0 Å². The van der Waals surface area contributed by atoms with Crippen molar-refractivity contribution in [3.8, 4) is 0 Å². The molecule has 2 rings (SSSR count). The van der Waals surface area contributed by atoms with Crippen LogP contribution in [0.3, 0.4) is 0 Å². The first-order valence-corrected chi connectivity index (χ1v) is 9.34. The predicted molar refractivity (Wildman–Crippen MR) is 116 cm³/mol. The summed E-state index contributed by atoms with van der Waals surface area (Å²) in [5, 5.41) is 12.0. The number of nitrogens with two attached hydrogens (primary N) is 2. The Balaban J connectivity index is 0.00000364. The molecule has 0 aliphatic carbocycles. The van der Waals surface area contributed by atoms with E-state index in [2.05, 4.69) is 43.0 Å². The van der Waals surface area contributed by atoms with Crippen LogP contribution in [0.25, 0.3) is 0 Å². The van der Waals surface area contributed by atoms with Crippen molar-refractivity contribution < 1.29 is 5.11 Å². The molecule has 0 radical (unpaired) electrons. The third-order valence-corrected chi connectivity index (χ3v) is 4.68. The highest BCUT2D eigenvalue weighted by Gasteiger charge is 2.17. The van der Waals surface area contributed by atoms with Gasteiger partial charge in [0.05, 0.1) is 6.10 Å². The van der Waals surface area contributed by atoms with Crippen molar-refractivity contribution in [2.75, 3.05) is 24.5 Å². The average molecular weight is 393 g/mol. The van der Waals surface area contributed by atoms with Gasteiger partial charge in [-0.15, -0.1) is 12.4 Å². The summed E-state index contributed by atoms with van der Waals surface area (Å²) in [5.74, 6) is 6.10. The minimum absolute atomic E-state index is 0. The lowest BCUT2D eigenvalue weighted by Gasteiger charge is -2.25. The highest BCUT2D eigenvalue weighted by Crippen LogP contribution is 2.15. The van der Waals surface area contributed by atoms with Gasteiger partial charge in [-0.3, -0.25) is 5.84 Å². The number of aliphatic hydroxyl groups is 1. The molecule has 0 aliphatic rings. The predicted octanol–water partition coefficient (Wildman–Crippen LogP) is 2.56. The zero-order valence-corrected chi connectivity index (χ0v) is 17.1. The number of benzene rings is 2. The van der Waals surface area contributed by atoms with E-state index in [-0.39, 0.29) is 18.4 Å². The van der Waals surface area contributed by atoms with Gasteiger partial charge in [0.1, 0.15) is 0 Å². The lowest BCUT2D eigenvalue weighted by atomic mass is 10.0. The van der Waals surface area contributed by atoms with Crippen LogP contribution in [-0.4, -0.2) is 41.9 Å². The van der Waals surface area contributed by atoms with Crippen molar-refractivity contribution in [3.63, 3.8) is 0 Å². The number of hydrogen-bond donors (Lipinski definition) is 3. The molecule has 2 unspecified atom stereocenters. The quantitative estimate of drug-likeness (QED) is 0.428. The fourth-order valence-electron chi connectivity index (χ4n) is 3.10. The lowest BCUT2D eigenvalue weighted by Crippen LogP contribution is -2.46. The van der Waals surface area contributed by atoms with Gasteiger partial charge < -0.3 is 15.7 Å². The van der Waals surface area contributed by atoms with Crippen LogP contribution in [0.4, 0.5) is 5.69 Å². The number of anilines is 1. The molecule has 2 aromatic carbocycles. The van der Waals surface area contributed by atoms with Crippen LogP contribution in [0.15, 0.2) is 54.6 Å². The van der Waals surface area contributed by atoms with Crippen molar-refractivity contribution in [3.05, 3.63) is 65.7 Å². The van der Waals surface area contributed by atoms with Crippen molar-refractivity contribution in [2.45, 2.75) is 39.0 Å². The molecule has 5 N–H and O–H groups in total. The van der Waals surface area contributed by atoms with Crippen LogP contribution in [0.2, 0.25) is 0 Å². The lowest BCUT2D eigenvalue weighted by molar-refractivity contribution is 0.0877. The van der Waals surface area contributed by atoms with Crippen LogP contribution in [0.1, 0.15) is 25.0 Å². The Hall–Kier alpha value is -1.63. The second-order valence-electron chi connectivity index (χ2n) is 6.69. The molecule has 6 heteroatoms. The highest BCUT2D eigenvalue weighted by molar-refractivity contribution is 5.85. The van der Waals surface area contributed by atoms with Crippen molar-refractivity contribution >= 4 is 18.1 Å². The van der Waals surface area contributed by atoms with E-state index >= 15 is 0 Å². The summed E-state index contributed by atoms with van der Waals surface area (Å²) < 4.78 is 0. The van der Waals surface area contributed by atoms with E-state index in [1.807, 2.05) is 30.3 Å². The van der Waals surface area contributed by atoms with Gasteiger partial charge in [-0.2, -0.15) is 0 Å². The molecular weight excluding hydrogens is 360 g/mol. The molecule has 0 fully saturated rings. The number of aliphatic hydroxyl groups excluding tert-OH is 1. The summed E-state index contributed by atoms with van der Waals surface area (Å²) in [6.45, 7) is 7.20. The molecule has 5 nitrogen and oxygen atoms in total. The Kier molecular flexibility index (Phi) is 10.4. The van der Waals surface area contributed by atoms with Crippen LogP contribution in [0.5, 0.6) is 0 Å². The molecule has 0 amide bonds. The molecule has 0 spiro atoms. The summed E-state index contributed by atoms with van der Waals surface area (Å²) in [4.78, 5) is 2.30. The second kappa shape index (κ2) is 12.0. The van der Waals surface area contributed by atoms with E-state index in [4.69, 9.17) is 11.6 Å². The highest BCUT2D eigenvalue weighted by atomic mass is 35.5. The Morgan fingerprint density at radius 1 is 0.926 bits per heavy atom. The van der Waals surface area contributed by atoms with Crippen LogP contribution in [0, 0.1) is 0 Å². The molecule has 2 aromatic rings.